The van der Waals surface area contributed by atoms with Gasteiger partial charge in [0.1, 0.15) is 11.8 Å². The molecular formula is C23H28N2O3. The number of benzene rings is 2. The third kappa shape index (κ3) is 3.71. The number of phenolic OH excluding ortho intramolecular Hbond substituents is 1. The highest BCUT2D eigenvalue weighted by molar-refractivity contribution is 6.05. The van der Waals surface area contributed by atoms with E-state index in [1.807, 2.05) is 30.3 Å². The van der Waals surface area contributed by atoms with E-state index >= 15 is 0 Å². The molecule has 28 heavy (non-hydrogen) atoms. The highest BCUT2D eigenvalue weighted by Gasteiger charge is 2.36. The second-order valence-corrected chi connectivity index (χ2v) is 8.04. The van der Waals surface area contributed by atoms with Crippen molar-refractivity contribution in [2.75, 3.05) is 6.54 Å². The molecule has 2 amide bonds. The van der Waals surface area contributed by atoms with Crippen LogP contribution in [0.25, 0.3) is 10.8 Å². The Kier molecular flexibility index (Phi) is 5.51. The molecule has 1 atom stereocenters. The summed E-state index contributed by atoms with van der Waals surface area (Å²) in [6, 6.07) is 10.7. The highest BCUT2D eigenvalue weighted by atomic mass is 16.3. The SMILES string of the molecule is O=C(NC1CCCCCC1)C1CCCN1C(=O)c1ccc2ccccc2c1O. The number of rotatable bonds is 3. The van der Waals surface area contributed by atoms with E-state index in [1.165, 1.54) is 12.8 Å². The van der Waals surface area contributed by atoms with E-state index < -0.39 is 6.04 Å². The largest absolute Gasteiger partial charge is 0.506 e. The number of nitrogens with zero attached hydrogens (tertiary/aromatic N) is 1. The first kappa shape index (κ1) is 18.8. The van der Waals surface area contributed by atoms with E-state index in [-0.39, 0.29) is 29.2 Å². The molecule has 1 saturated heterocycles. The van der Waals surface area contributed by atoms with E-state index in [4.69, 9.17) is 0 Å². The Morgan fingerprint density at radius 2 is 1.68 bits per heavy atom. The maximum Gasteiger partial charge on any atom is 0.258 e. The third-order valence-electron chi connectivity index (χ3n) is 6.15. The summed E-state index contributed by atoms with van der Waals surface area (Å²) in [5.41, 5.74) is 0.271. The molecule has 2 fully saturated rings. The topological polar surface area (TPSA) is 69.6 Å². The lowest BCUT2D eigenvalue weighted by Gasteiger charge is -2.26. The van der Waals surface area contributed by atoms with Crippen molar-refractivity contribution in [3.63, 3.8) is 0 Å². The van der Waals surface area contributed by atoms with Crippen LogP contribution in [0.15, 0.2) is 36.4 Å². The van der Waals surface area contributed by atoms with Crippen LogP contribution in [-0.2, 0) is 4.79 Å². The molecule has 2 aromatic carbocycles. The van der Waals surface area contributed by atoms with Crippen molar-refractivity contribution < 1.29 is 14.7 Å². The van der Waals surface area contributed by atoms with Crippen LogP contribution < -0.4 is 5.32 Å². The lowest BCUT2D eigenvalue weighted by molar-refractivity contribution is -0.125. The molecule has 1 aliphatic carbocycles. The van der Waals surface area contributed by atoms with Gasteiger partial charge in [0.25, 0.3) is 5.91 Å². The van der Waals surface area contributed by atoms with Crippen LogP contribution in [0.3, 0.4) is 0 Å². The maximum absolute atomic E-state index is 13.2. The van der Waals surface area contributed by atoms with Gasteiger partial charge in [-0.25, -0.2) is 0 Å². The molecule has 2 aromatic rings. The number of hydrogen-bond acceptors (Lipinski definition) is 3. The number of carbonyl (C=O) groups excluding carboxylic acids is 2. The number of aromatic hydroxyl groups is 1. The molecule has 0 radical (unpaired) electrons. The molecule has 0 bridgehead atoms. The quantitative estimate of drug-likeness (QED) is 0.791. The molecule has 1 unspecified atom stereocenters. The Labute approximate surface area is 165 Å². The molecule has 5 nitrogen and oxygen atoms in total. The Bertz CT molecular complexity index is 871. The standard InChI is InChI=1S/C23H28N2O3/c26-21-18-11-6-5-8-16(18)13-14-19(21)23(28)25-15-7-12-20(25)22(27)24-17-9-3-1-2-4-10-17/h5-6,8,11,13-14,17,20,26H,1-4,7,9-10,12,15H2,(H,24,27). The van der Waals surface area contributed by atoms with Crippen molar-refractivity contribution in [1.29, 1.82) is 0 Å². The number of carbonyl (C=O) groups is 2. The summed E-state index contributed by atoms with van der Waals surface area (Å²) in [7, 11) is 0. The van der Waals surface area contributed by atoms with Crippen LogP contribution in [0.2, 0.25) is 0 Å². The zero-order valence-corrected chi connectivity index (χ0v) is 16.2. The minimum absolute atomic E-state index is 0.00192. The maximum atomic E-state index is 13.2. The number of hydrogen-bond donors (Lipinski definition) is 2. The second-order valence-electron chi connectivity index (χ2n) is 8.04. The molecule has 1 saturated carbocycles. The van der Waals surface area contributed by atoms with E-state index in [9.17, 15) is 14.7 Å². The van der Waals surface area contributed by atoms with Gasteiger partial charge in [0.2, 0.25) is 5.91 Å². The van der Waals surface area contributed by atoms with Crippen LogP contribution in [0, 0.1) is 0 Å². The van der Waals surface area contributed by atoms with Crippen LogP contribution in [-0.4, -0.2) is 40.4 Å². The fourth-order valence-corrected chi connectivity index (χ4v) is 4.59. The molecule has 0 aromatic heterocycles. The zero-order valence-electron chi connectivity index (χ0n) is 16.2. The summed E-state index contributed by atoms with van der Waals surface area (Å²) in [6.45, 7) is 0.549. The van der Waals surface area contributed by atoms with Crippen molar-refractivity contribution in [3.05, 3.63) is 42.0 Å². The van der Waals surface area contributed by atoms with E-state index in [0.717, 1.165) is 37.5 Å². The smallest absolute Gasteiger partial charge is 0.258 e. The summed E-state index contributed by atoms with van der Waals surface area (Å²) in [5.74, 6) is -0.308. The molecule has 5 heteroatoms. The van der Waals surface area contributed by atoms with Crippen LogP contribution in [0.5, 0.6) is 5.75 Å². The minimum Gasteiger partial charge on any atom is -0.506 e. The van der Waals surface area contributed by atoms with Crippen molar-refractivity contribution in [3.8, 4) is 5.75 Å². The van der Waals surface area contributed by atoms with Gasteiger partial charge in [-0.15, -0.1) is 0 Å². The molecule has 2 aliphatic rings. The third-order valence-corrected chi connectivity index (χ3v) is 6.15. The first-order chi connectivity index (χ1) is 13.6. The number of nitrogens with one attached hydrogen (secondary N) is 1. The molecular weight excluding hydrogens is 352 g/mol. The molecule has 1 heterocycles. The van der Waals surface area contributed by atoms with Crippen molar-refractivity contribution in [1.82, 2.24) is 10.2 Å². The van der Waals surface area contributed by atoms with Crippen LogP contribution >= 0.6 is 0 Å². The van der Waals surface area contributed by atoms with Crippen molar-refractivity contribution in [2.45, 2.75) is 63.5 Å². The van der Waals surface area contributed by atoms with Gasteiger partial charge in [-0.1, -0.05) is 56.0 Å². The monoisotopic (exact) mass is 380 g/mol. The van der Waals surface area contributed by atoms with Gasteiger partial charge in [-0.05, 0) is 37.1 Å². The fourth-order valence-electron chi connectivity index (χ4n) is 4.59. The van der Waals surface area contributed by atoms with E-state index in [1.54, 1.807) is 11.0 Å². The first-order valence-electron chi connectivity index (χ1n) is 10.5. The minimum atomic E-state index is -0.443. The predicted molar refractivity (Wildman–Crippen MR) is 109 cm³/mol. The van der Waals surface area contributed by atoms with Gasteiger partial charge in [0.15, 0.2) is 0 Å². The van der Waals surface area contributed by atoms with Crippen LogP contribution in [0.1, 0.15) is 61.7 Å². The lowest BCUT2D eigenvalue weighted by atomic mass is 10.0. The lowest BCUT2D eigenvalue weighted by Crippen LogP contribution is -2.48. The highest BCUT2D eigenvalue weighted by Crippen LogP contribution is 2.31. The van der Waals surface area contributed by atoms with Gasteiger partial charge in [0, 0.05) is 18.0 Å². The number of amides is 2. The average molecular weight is 380 g/mol. The molecule has 0 spiro atoms. The average Bonchev–Trinajstić information content (AvgIpc) is 3.07. The number of likely N-dealkylation sites (tertiary alicyclic amines) is 1. The molecule has 1 aliphatic heterocycles. The molecule has 2 N–H and O–H groups in total. The van der Waals surface area contributed by atoms with Gasteiger partial charge < -0.3 is 15.3 Å². The Balaban J connectivity index is 1.52. The Morgan fingerprint density at radius 3 is 2.46 bits per heavy atom. The Morgan fingerprint density at radius 1 is 0.929 bits per heavy atom. The summed E-state index contributed by atoms with van der Waals surface area (Å²) >= 11 is 0. The van der Waals surface area contributed by atoms with Gasteiger partial charge >= 0.3 is 0 Å². The summed E-state index contributed by atoms with van der Waals surface area (Å²) in [6.07, 6.45) is 8.33. The van der Waals surface area contributed by atoms with Gasteiger partial charge in [-0.3, -0.25) is 9.59 Å². The normalized spacial score (nSPS) is 20.9. The Hall–Kier alpha value is -2.56. The summed E-state index contributed by atoms with van der Waals surface area (Å²) in [4.78, 5) is 27.7. The second kappa shape index (κ2) is 8.21. The zero-order chi connectivity index (χ0) is 19.5. The van der Waals surface area contributed by atoms with Gasteiger partial charge in [-0.2, -0.15) is 0 Å². The van der Waals surface area contributed by atoms with E-state index in [0.29, 0.717) is 18.4 Å². The van der Waals surface area contributed by atoms with Crippen LogP contribution in [0.4, 0.5) is 0 Å². The summed E-state index contributed by atoms with van der Waals surface area (Å²) < 4.78 is 0. The molecule has 148 valence electrons. The predicted octanol–water partition coefficient (Wildman–Crippen LogP) is 3.99. The first-order valence-corrected chi connectivity index (χ1v) is 10.5. The number of phenols is 1. The molecule has 4 rings (SSSR count). The summed E-state index contributed by atoms with van der Waals surface area (Å²) in [5, 5.41) is 15.4. The van der Waals surface area contributed by atoms with Gasteiger partial charge in [0.05, 0.1) is 5.56 Å². The van der Waals surface area contributed by atoms with E-state index in [2.05, 4.69) is 5.32 Å². The number of fused-ring (bicyclic) bond motifs is 1. The fraction of sp³-hybridized carbons (Fsp3) is 0.478. The van der Waals surface area contributed by atoms with Crippen molar-refractivity contribution >= 4 is 22.6 Å². The van der Waals surface area contributed by atoms with Crippen molar-refractivity contribution in [2.24, 2.45) is 0 Å².